The second-order valence-electron chi connectivity index (χ2n) is 7.31. The molecule has 0 spiro atoms. The van der Waals surface area contributed by atoms with Crippen LogP contribution >= 0.6 is 0 Å². The van der Waals surface area contributed by atoms with E-state index in [-0.39, 0.29) is 17.0 Å². The molecule has 2 aromatic rings. The Morgan fingerprint density at radius 3 is 2.79 bits per heavy atom. The number of fused-ring (bicyclic) bond motifs is 1. The van der Waals surface area contributed by atoms with E-state index in [4.69, 9.17) is 0 Å². The van der Waals surface area contributed by atoms with Gasteiger partial charge in [-0.1, -0.05) is 32.0 Å². The van der Waals surface area contributed by atoms with Gasteiger partial charge in [-0.05, 0) is 24.8 Å². The monoisotopic (exact) mass is 326 g/mol. The number of aromatic nitrogens is 3. The van der Waals surface area contributed by atoms with Gasteiger partial charge < -0.3 is 5.32 Å². The summed E-state index contributed by atoms with van der Waals surface area (Å²) in [5.41, 5.74) is 1.77. The molecule has 1 aliphatic heterocycles. The first-order valence-electron chi connectivity index (χ1n) is 8.06. The van der Waals surface area contributed by atoms with Crippen molar-refractivity contribution in [2.45, 2.75) is 39.7 Å². The molecule has 1 aromatic carbocycles. The van der Waals surface area contributed by atoms with Gasteiger partial charge in [-0.25, -0.2) is 9.07 Å². The molecule has 4 rings (SSSR count). The van der Waals surface area contributed by atoms with Crippen LogP contribution in [0.2, 0.25) is 0 Å². The lowest BCUT2D eigenvalue weighted by molar-refractivity contribution is -0.118. The van der Waals surface area contributed by atoms with Gasteiger partial charge in [0.15, 0.2) is 5.78 Å². The zero-order valence-corrected chi connectivity index (χ0v) is 13.9. The first kappa shape index (κ1) is 15.1. The Morgan fingerprint density at radius 2 is 2.04 bits per heavy atom. The topological polar surface area (TPSA) is 59.8 Å². The van der Waals surface area contributed by atoms with Crippen LogP contribution in [0.1, 0.15) is 44.1 Å². The highest BCUT2D eigenvalue weighted by Crippen LogP contribution is 2.45. The third kappa shape index (κ3) is 2.25. The fourth-order valence-corrected chi connectivity index (χ4v) is 3.70. The predicted molar refractivity (Wildman–Crippen MR) is 88.0 cm³/mol. The van der Waals surface area contributed by atoms with Crippen LogP contribution in [-0.4, -0.2) is 20.5 Å². The molecule has 1 unspecified atom stereocenters. The third-order valence-corrected chi connectivity index (χ3v) is 4.64. The van der Waals surface area contributed by atoms with Gasteiger partial charge >= 0.3 is 0 Å². The fraction of sp³-hybridized carbons (Fsp3) is 0.389. The van der Waals surface area contributed by atoms with Crippen molar-refractivity contribution >= 4 is 11.7 Å². The van der Waals surface area contributed by atoms with Crippen molar-refractivity contribution in [3.8, 4) is 0 Å². The molecular weight excluding hydrogens is 307 g/mol. The summed E-state index contributed by atoms with van der Waals surface area (Å²) in [5, 5.41) is 7.65. The van der Waals surface area contributed by atoms with Crippen LogP contribution < -0.4 is 5.32 Å². The van der Waals surface area contributed by atoms with Gasteiger partial charge in [0.2, 0.25) is 5.95 Å². The Bertz CT molecular complexity index is 881. The van der Waals surface area contributed by atoms with Crippen LogP contribution in [0.15, 0.2) is 35.5 Å². The zero-order chi connectivity index (χ0) is 17.1. The van der Waals surface area contributed by atoms with Crippen LogP contribution in [0.4, 0.5) is 10.3 Å². The summed E-state index contributed by atoms with van der Waals surface area (Å²) >= 11 is 0. The molecule has 0 saturated heterocycles. The van der Waals surface area contributed by atoms with Crippen molar-refractivity contribution in [3.63, 3.8) is 0 Å². The van der Waals surface area contributed by atoms with E-state index < -0.39 is 6.04 Å². The molecule has 0 bridgehead atoms. The van der Waals surface area contributed by atoms with Gasteiger partial charge in [0.25, 0.3) is 0 Å². The normalized spacial score (nSPS) is 22.0. The quantitative estimate of drug-likeness (QED) is 0.873. The molecule has 6 heteroatoms. The Labute approximate surface area is 139 Å². The van der Waals surface area contributed by atoms with Crippen LogP contribution in [0, 0.1) is 18.2 Å². The number of rotatable bonds is 1. The van der Waals surface area contributed by atoms with Crippen molar-refractivity contribution in [1.29, 1.82) is 0 Å². The summed E-state index contributed by atoms with van der Waals surface area (Å²) in [5.74, 6) is 0.851. The van der Waals surface area contributed by atoms with Crippen molar-refractivity contribution in [1.82, 2.24) is 14.8 Å². The van der Waals surface area contributed by atoms with Crippen LogP contribution in [-0.2, 0) is 4.79 Å². The van der Waals surface area contributed by atoms with E-state index in [0.29, 0.717) is 29.3 Å². The Hall–Kier alpha value is -2.50. The summed E-state index contributed by atoms with van der Waals surface area (Å²) in [7, 11) is 0. The molecule has 1 aliphatic carbocycles. The number of ketones is 1. The molecule has 1 aromatic heterocycles. The number of nitrogens with one attached hydrogen (secondary N) is 1. The Kier molecular flexibility index (Phi) is 3.13. The lowest BCUT2D eigenvalue weighted by Crippen LogP contribution is -2.36. The second-order valence-corrected chi connectivity index (χ2v) is 7.31. The molecule has 2 heterocycles. The van der Waals surface area contributed by atoms with Crippen molar-refractivity contribution in [3.05, 3.63) is 52.7 Å². The van der Waals surface area contributed by atoms with Gasteiger partial charge in [-0.2, -0.15) is 10.1 Å². The maximum atomic E-state index is 14.5. The van der Waals surface area contributed by atoms with E-state index in [1.165, 1.54) is 6.07 Å². The number of carbonyl (C=O) groups excluding carboxylic acids is 1. The maximum Gasteiger partial charge on any atom is 0.226 e. The minimum atomic E-state index is -0.567. The van der Waals surface area contributed by atoms with E-state index in [1.54, 1.807) is 29.8 Å². The number of hydrogen-bond donors (Lipinski definition) is 1. The van der Waals surface area contributed by atoms with Gasteiger partial charge in [-0.15, -0.1) is 0 Å². The summed E-state index contributed by atoms with van der Waals surface area (Å²) in [6.45, 7) is 5.92. The van der Waals surface area contributed by atoms with E-state index in [0.717, 1.165) is 12.1 Å². The van der Waals surface area contributed by atoms with Crippen molar-refractivity contribution < 1.29 is 9.18 Å². The second kappa shape index (κ2) is 5.00. The summed E-state index contributed by atoms with van der Waals surface area (Å²) < 4.78 is 16.1. The molecule has 5 nitrogen and oxygen atoms in total. The van der Waals surface area contributed by atoms with Crippen LogP contribution in [0.5, 0.6) is 0 Å². The Morgan fingerprint density at radius 1 is 1.29 bits per heavy atom. The average molecular weight is 326 g/mol. The number of halogens is 1. The predicted octanol–water partition coefficient (Wildman–Crippen LogP) is 3.38. The zero-order valence-electron chi connectivity index (χ0n) is 13.9. The number of carbonyl (C=O) groups is 1. The lowest BCUT2D eigenvalue weighted by Gasteiger charge is -2.38. The Balaban J connectivity index is 1.95. The molecule has 1 atom stereocenters. The molecule has 0 amide bonds. The minimum Gasteiger partial charge on any atom is -0.328 e. The van der Waals surface area contributed by atoms with Gasteiger partial charge in [0.1, 0.15) is 17.7 Å². The molecule has 1 N–H and O–H groups in total. The fourth-order valence-electron chi connectivity index (χ4n) is 3.70. The van der Waals surface area contributed by atoms with Crippen molar-refractivity contribution in [2.24, 2.45) is 5.41 Å². The third-order valence-electron chi connectivity index (χ3n) is 4.64. The number of anilines is 1. The van der Waals surface area contributed by atoms with Crippen LogP contribution in [0.3, 0.4) is 0 Å². The van der Waals surface area contributed by atoms with Crippen molar-refractivity contribution in [2.75, 3.05) is 5.32 Å². The van der Waals surface area contributed by atoms with E-state index in [1.807, 2.05) is 0 Å². The highest BCUT2D eigenvalue weighted by molar-refractivity contribution is 6.00. The number of hydrogen-bond acceptors (Lipinski definition) is 4. The van der Waals surface area contributed by atoms with E-state index >= 15 is 0 Å². The molecule has 24 heavy (non-hydrogen) atoms. The minimum absolute atomic E-state index is 0.0424. The summed E-state index contributed by atoms with van der Waals surface area (Å²) in [6, 6.07) is 5.99. The number of nitrogens with zero attached hydrogens (tertiary/aromatic N) is 3. The number of benzene rings is 1. The van der Waals surface area contributed by atoms with E-state index in [9.17, 15) is 9.18 Å². The standard InChI is InChI=1S/C18H19FN4O/c1-10-20-17-21-13-8-18(2,3)9-14(24)15(13)16(23(17)22-10)11-6-4-5-7-12(11)19/h4-7,16H,8-9H2,1-3H3,(H,20,21,22). The molecule has 124 valence electrons. The first-order chi connectivity index (χ1) is 11.4. The molecule has 0 radical (unpaired) electrons. The number of Topliss-reactive ketones (excluding diaryl/α,β-unsaturated/α-hetero) is 1. The maximum absolute atomic E-state index is 14.5. The number of allylic oxidation sites excluding steroid dienone is 2. The number of aryl methyl sites for hydroxylation is 1. The summed E-state index contributed by atoms with van der Waals surface area (Å²) in [4.78, 5) is 17.3. The molecule has 2 aliphatic rings. The highest BCUT2D eigenvalue weighted by atomic mass is 19.1. The lowest BCUT2D eigenvalue weighted by atomic mass is 9.73. The SMILES string of the molecule is Cc1nc2n(n1)C(c1ccccc1F)C1=C(CC(C)(C)CC1=O)N2. The average Bonchev–Trinajstić information content (AvgIpc) is 2.84. The van der Waals surface area contributed by atoms with Crippen LogP contribution in [0.25, 0.3) is 0 Å². The summed E-state index contributed by atoms with van der Waals surface area (Å²) in [6.07, 6.45) is 1.17. The van der Waals surface area contributed by atoms with Gasteiger partial charge in [0.05, 0.1) is 0 Å². The molecule has 0 fully saturated rings. The first-order valence-corrected chi connectivity index (χ1v) is 8.06. The highest BCUT2D eigenvalue weighted by Gasteiger charge is 2.42. The van der Waals surface area contributed by atoms with Gasteiger partial charge in [-0.3, -0.25) is 4.79 Å². The molecule has 0 saturated carbocycles. The van der Waals surface area contributed by atoms with Gasteiger partial charge in [0, 0.05) is 23.3 Å². The molecular formula is C18H19FN4O. The largest absolute Gasteiger partial charge is 0.328 e. The smallest absolute Gasteiger partial charge is 0.226 e. The van der Waals surface area contributed by atoms with E-state index in [2.05, 4.69) is 29.2 Å².